The van der Waals surface area contributed by atoms with Gasteiger partial charge >= 0.3 is 9.05 Å². The Morgan fingerprint density at radius 3 is 1.37 bits per heavy atom. The highest BCUT2D eigenvalue weighted by atomic mass is 28.4. The quantitative estimate of drug-likeness (QED) is 0.357. The minimum absolute atomic E-state index is 0.634. The first-order valence-corrected chi connectivity index (χ1v) is 9.25. The predicted molar refractivity (Wildman–Crippen MR) is 79.4 cm³/mol. The summed E-state index contributed by atoms with van der Waals surface area (Å²) in [5.74, 6) is 0. The molecule has 0 spiro atoms. The van der Waals surface area contributed by atoms with E-state index in [1.807, 2.05) is 6.92 Å². The van der Waals surface area contributed by atoms with E-state index in [9.17, 15) is 0 Å². The van der Waals surface area contributed by atoms with Crippen molar-refractivity contribution in [2.75, 3.05) is 19.8 Å². The molecule has 0 heterocycles. The fraction of sp³-hybridized carbons (Fsp3) is 0.929. The van der Waals surface area contributed by atoms with Crippen LogP contribution < -0.4 is 0 Å². The molecule has 0 unspecified atom stereocenters. The van der Waals surface area contributed by atoms with Crippen LogP contribution in [0.3, 0.4) is 0 Å². The van der Waals surface area contributed by atoms with Crippen LogP contribution in [0, 0.1) is 6.61 Å². The first-order chi connectivity index (χ1) is 9.24. The molecule has 19 heavy (non-hydrogen) atoms. The lowest BCUT2D eigenvalue weighted by Crippen LogP contribution is -2.49. The topological polar surface area (TPSA) is 36.9 Å². The van der Waals surface area contributed by atoms with Crippen molar-refractivity contribution in [3.05, 3.63) is 6.61 Å². The van der Waals surface area contributed by atoms with Gasteiger partial charge in [0.15, 0.2) is 0 Å². The molecule has 0 fully saturated rings. The van der Waals surface area contributed by atoms with Crippen LogP contribution >= 0.6 is 0 Å². The molecule has 0 aromatic carbocycles. The first-order valence-electron chi connectivity index (χ1n) is 7.62. The van der Waals surface area contributed by atoms with Gasteiger partial charge in [-0.1, -0.05) is 40.0 Å². The molecule has 0 aromatic heterocycles. The maximum absolute atomic E-state index is 5.84. The van der Waals surface area contributed by atoms with Crippen LogP contribution in [0.4, 0.5) is 0 Å². The summed E-state index contributed by atoms with van der Waals surface area (Å²) in [6.45, 7) is 11.8. The molecule has 0 rings (SSSR count). The zero-order chi connectivity index (χ0) is 14.4. The second-order valence-electron chi connectivity index (χ2n) is 4.46. The molecule has 0 saturated carbocycles. The normalized spacial score (nSPS) is 12.0. The minimum atomic E-state index is -2.96. The standard InChI is InChI=1S/C14H31O4Si/c1-5-9-12-16-19(15-8-4,17-13-10-6-2)18-14-11-7-3/h8H,5-7,9-14H2,1-4H3. The molecule has 115 valence electrons. The van der Waals surface area contributed by atoms with E-state index in [0.717, 1.165) is 38.5 Å². The minimum Gasteiger partial charge on any atom is -0.351 e. The lowest BCUT2D eigenvalue weighted by Gasteiger charge is -2.27. The molecule has 0 bridgehead atoms. The molecule has 1 radical (unpaired) electrons. The van der Waals surface area contributed by atoms with Gasteiger partial charge in [-0.15, -0.1) is 0 Å². The van der Waals surface area contributed by atoms with E-state index in [1.54, 1.807) is 6.61 Å². The Morgan fingerprint density at radius 2 is 1.11 bits per heavy atom. The third kappa shape index (κ3) is 9.57. The van der Waals surface area contributed by atoms with Gasteiger partial charge in [-0.2, -0.15) is 0 Å². The molecule has 5 heteroatoms. The van der Waals surface area contributed by atoms with Crippen molar-refractivity contribution in [3.63, 3.8) is 0 Å². The first kappa shape index (κ1) is 19.1. The van der Waals surface area contributed by atoms with E-state index >= 15 is 0 Å². The van der Waals surface area contributed by atoms with Crippen LogP contribution in [-0.2, 0) is 17.7 Å². The summed E-state index contributed by atoms with van der Waals surface area (Å²) < 4.78 is 23.2. The third-order valence-electron chi connectivity index (χ3n) is 2.59. The van der Waals surface area contributed by atoms with E-state index < -0.39 is 9.05 Å². The van der Waals surface area contributed by atoms with Crippen molar-refractivity contribution in [1.82, 2.24) is 0 Å². The van der Waals surface area contributed by atoms with Crippen molar-refractivity contribution in [2.24, 2.45) is 0 Å². The van der Waals surface area contributed by atoms with Gasteiger partial charge in [-0.05, 0) is 26.2 Å². The van der Waals surface area contributed by atoms with Crippen LogP contribution in [0.2, 0.25) is 0 Å². The van der Waals surface area contributed by atoms with Crippen molar-refractivity contribution in [2.45, 2.75) is 66.2 Å². The van der Waals surface area contributed by atoms with Crippen LogP contribution in [0.25, 0.3) is 0 Å². The molecular weight excluding hydrogens is 260 g/mol. The maximum atomic E-state index is 5.84. The van der Waals surface area contributed by atoms with E-state index in [4.69, 9.17) is 17.7 Å². The molecule has 0 aliphatic carbocycles. The van der Waals surface area contributed by atoms with E-state index in [-0.39, 0.29) is 0 Å². The Kier molecular flexibility index (Phi) is 13.1. The smallest absolute Gasteiger partial charge is 0.351 e. The number of hydrogen-bond donors (Lipinski definition) is 0. The SMILES string of the molecule is C[CH]O[Si](OCCCC)(OCCCC)OCCCC. The second-order valence-corrected chi connectivity index (χ2v) is 6.56. The molecule has 0 aromatic rings. The van der Waals surface area contributed by atoms with E-state index in [1.165, 1.54) is 0 Å². The highest BCUT2D eigenvalue weighted by Crippen LogP contribution is 2.16. The third-order valence-corrected chi connectivity index (χ3v) is 4.79. The van der Waals surface area contributed by atoms with Crippen LogP contribution in [0.15, 0.2) is 0 Å². The Balaban J connectivity index is 4.37. The Labute approximate surface area is 120 Å². The summed E-state index contributed by atoms with van der Waals surface area (Å²) in [6.07, 6.45) is 6.25. The lowest BCUT2D eigenvalue weighted by atomic mass is 10.4. The molecule has 0 atom stereocenters. The summed E-state index contributed by atoms with van der Waals surface area (Å²) in [5.41, 5.74) is 0. The Hall–Kier alpha value is 0.0569. The fourth-order valence-corrected chi connectivity index (χ4v) is 3.32. The average molecular weight is 291 g/mol. The highest BCUT2D eigenvalue weighted by molar-refractivity contribution is 6.53. The molecule has 0 aliphatic heterocycles. The van der Waals surface area contributed by atoms with Crippen LogP contribution in [0.5, 0.6) is 0 Å². The van der Waals surface area contributed by atoms with Crippen molar-refractivity contribution in [1.29, 1.82) is 0 Å². The van der Waals surface area contributed by atoms with Crippen molar-refractivity contribution in [3.8, 4) is 0 Å². The Morgan fingerprint density at radius 1 is 0.737 bits per heavy atom. The number of unbranched alkanes of at least 4 members (excludes halogenated alkanes) is 3. The van der Waals surface area contributed by atoms with Gasteiger partial charge in [0.1, 0.15) is 0 Å². The van der Waals surface area contributed by atoms with Crippen LogP contribution in [-0.4, -0.2) is 28.9 Å². The number of rotatable bonds is 14. The molecule has 4 nitrogen and oxygen atoms in total. The number of hydrogen-bond acceptors (Lipinski definition) is 4. The summed E-state index contributed by atoms with van der Waals surface area (Å²) in [5, 5.41) is 0. The van der Waals surface area contributed by atoms with Crippen molar-refractivity contribution < 1.29 is 17.7 Å². The van der Waals surface area contributed by atoms with Gasteiger partial charge in [-0.3, -0.25) is 0 Å². The molecule has 0 N–H and O–H groups in total. The predicted octanol–water partition coefficient (Wildman–Crippen LogP) is 4.07. The monoisotopic (exact) mass is 291 g/mol. The van der Waals surface area contributed by atoms with Crippen LogP contribution in [0.1, 0.15) is 66.2 Å². The van der Waals surface area contributed by atoms with Gasteiger partial charge < -0.3 is 17.7 Å². The fourth-order valence-electron chi connectivity index (χ4n) is 1.40. The van der Waals surface area contributed by atoms with Gasteiger partial charge in [0.25, 0.3) is 0 Å². The van der Waals surface area contributed by atoms with Gasteiger partial charge in [-0.25, -0.2) is 0 Å². The van der Waals surface area contributed by atoms with E-state index in [2.05, 4.69) is 20.8 Å². The zero-order valence-corrected chi connectivity index (χ0v) is 14.1. The summed E-state index contributed by atoms with van der Waals surface area (Å²) >= 11 is 0. The van der Waals surface area contributed by atoms with Gasteiger partial charge in [0.2, 0.25) is 0 Å². The Bertz CT molecular complexity index is 164. The molecular formula is C14H31O4Si. The highest BCUT2D eigenvalue weighted by Gasteiger charge is 2.45. The molecule has 0 amide bonds. The van der Waals surface area contributed by atoms with Crippen molar-refractivity contribution >= 4 is 9.05 Å². The van der Waals surface area contributed by atoms with Gasteiger partial charge in [0.05, 0.1) is 6.61 Å². The van der Waals surface area contributed by atoms with Gasteiger partial charge in [0, 0.05) is 19.8 Å². The zero-order valence-electron chi connectivity index (χ0n) is 13.1. The van der Waals surface area contributed by atoms with E-state index in [0.29, 0.717) is 19.8 Å². The maximum Gasteiger partial charge on any atom is 0.680 e. The largest absolute Gasteiger partial charge is 0.680 e. The second kappa shape index (κ2) is 13.1. The summed E-state index contributed by atoms with van der Waals surface area (Å²) in [7, 11) is -2.96. The lowest BCUT2D eigenvalue weighted by molar-refractivity contribution is -0.0220. The summed E-state index contributed by atoms with van der Waals surface area (Å²) in [6, 6.07) is 0. The molecule has 0 aliphatic rings. The summed E-state index contributed by atoms with van der Waals surface area (Å²) in [4.78, 5) is 0. The average Bonchev–Trinajstić information content (AvgIpc) is 2.40. The molecule has 0 saturated heterocycles.